The highest BCUT2D eigenvalue weighted by Crippen LogP contribution is 2.32. The number of ether oxygens (including phenoxy) is 1. The van der Waals surface area contributed by atoms with E-state index in [2.05, 4.69) is 15.6 Å². The molecule has 0 aliphatic carbocycles. The van der Waals surface area contributed by atoms with Gasteiger partial charge in [-0.1, -0.05) is 24.3 Å². The predicted octanol–water partition coefficient (Wildman–Crippen LogP) is 4.41. The predicted molar refractivity (Wildman–Crippen MR) is 152 cm³/mol. The Kier molecular flexibility index (Phi) is 8.58. The molecule has 0 fully saturated rings. The van der Waals surface area contributed by atoms with Crippen LogP contribution in [0, 0.1) is 5.82 Å². The lowest BCUT2D eigenvalue weighted by Gasteiger charge is -2.27. The highest BCUT2D eigenvalue weighted by atomic mass is 32.2. The molecular formula is C30H29FN4O5S. The Morgan fingerprint density at radius 1 is 1.05 bits per heavy atom. The average Bonchev–Trinajstić information content (AvgIpc) is 2.98. The molecule has 0 saturated carbocycles. The summed E-state index contributed by atoms with van der Waals surface area (Å²) in [5.41, 5.74) is 3.81. The van der Waals surface area contributed by atoms with E-state index in [4.69, 9.17) is 4.74 Å². The van der Waals surface area contributed by atoms with Crippen molar-refractivity contribution in [3.05, 3.63) is 108 Å². The number of amides is 2. The third kappa shape index (κ3) is 7.26. The number of aliphatic hydroxyl groups is 1. The van der Waals surface area contributed by atoms with Crippen molar-refractivity contribution in [3.63, 3.8) is 0 Å². The number of aliphatic hydroxyl groups excluding tert-OH is 1. The fourth-order valence-electron chi connectivity index (χ4n) is 4.54. The zero-order chi connectivity index (χ0) is 28.8. The largest absolute Gasteiger partial charge is 0.489 e. The molecule has 0 unspecified atom stereocenters. The molecule has 5 rings (SSSR count). The van der Waals surface area contributed by atoms with Crippen LogP contribution in [0.2, 0.25) is 0 Å². The number of hydrogen-bond donors (Lipinski definition) is 4. The number of rotatable bonds is 9. The number of benzene rings is 3. The number of carbonyl (C=O) groups is 1. The number of aryl methyl sites for hydroxylation is 1. The van der Waals surface area contributed by atoms with Crippen LogP contribution in [0.5, 0.6) is 5.75 Å². The van der Waals surface area contributed by atoms with Gasteiger partial charge in [0.2, 0.25) is 0 Å². The summed E-state index contributed by atoms with van der Waals surface area (Å²) in [6.45, 7) is 1.00. The van der Waals surface area contributed by atoms with Crippen molar-refractivity contribution in [2.45, 2.75) is 29.9 Å². The molecule has 41 heavy (non-hydrogen) atoms. The summed E-state index contributed by atoms with van der Waals surface area (Å²) in [5.74, 6) is 0.330. The lowest BCUT2D eigenvalue weighted by atomic mass is 9.97. The molecule has 0 saturated heterocycles. The molecule has 212 valence electrons. The molecule has 2 atom stereocenters. The van der Waals surface area contributed by atoms with E-state index in [1.807, 2.05) is 29.0 Å². The Balaban J connectivity index is 1.16. The number of urea groups is 1. The molecule has 1 aromatic heterocycles. The molecule has 0 bridgehead atoms. The number of fused-ring (bicyclic) bond motifs is 1. The van der Waals surface area contributed by atoms with Crippen LogP contribution >= 0.6 is 0 Å². The van der Waals surface area contributed by atoms with E-state index in [0.29, 0.717) is 13.1 Å². The molecule has 0 spiro atoms. The van der Waals surface area contributed by atoms with Crippen molar-refractivity contribution < 1.29 is 27.4 Å². The van der Waals surface area contributed by atoms with Crippen molar-refractivity contribution >= 4 is 21.7 Å². The molecular weight excluding hydrogens is 547 g/mol. The minimum absolute atomic E-state index is 0.0216. The monoisotopic (exact) mass is 576 g/mol. The minimum Gasteiger partial charge on any atom is -0.489 e. The number of nitrogens with one attached hydrogen (secondary N) is 3. The van der Waals surface area contributed by atoms with E-state index in [-0.39, 0.29) is 16.7 Å². The van der Waals surface area contributed by atoms with Crippen LogP contribution in [0.25, 0.3) is 11.1 Å². The summed E-state index contributed by atoms with van der Waals surface area (Å²) in [7, 11) is -4.12. The number of anilines is 1. The Bertz CT molecular complexity index is 1600. The third-order valence-electron chi connectivity index (χ3n) is 6.70. The van der Waals surface area contributed by atoms with Gasteiger partial charge in [-0.15, -0.1) is 0 Å². The Hall–Kier alpha value is -4.32. The molecule has 3 aromatic carbocycles. The highest BCUT2D eigenvalue weighted by molar-refractivity contribution is 7.90. The van der Waals surface area contributed by atoms with Crippen LogP contribution in [-0.4, -0.2) is 43.7 Å². The van der Waals surface area contributed by atoms with Gasteiger partial charge in [-0.05, 0) is 84.1 Å². The van der Waals surface area contributed by atoms with E-state index in [0.717, 1.165) is 53.0 Å². The number of halogens is 1. The van der Waals surface area contributed by atoms with Gasteiger partial charge in [-0.3, -0.25) is 4.98 Å². The summed E-state index contributed by atoms with van der Waals surface area (Å²) in [6, 6.07) is 19.7. The third-order valence-corrected chi connectivity index (χ3v) is 8.04. The Labute approximate surface area is 237 Å². The zero-order valence-corrected chi connectivity index (χ0v) is 22.8. The van der Waals surface area contributed by atoms with Crippen LogP contribution in [0.15, 0.2) is 96.2 Å². The normalized spacial score (nSPS) is 15.3. The number of hydrogen-bond acceptors (Lipinski definition) is 7. The molecule has 1 aliphatic heterocycles. The van der Waals surface area contributed by atoms with Crippen LogP contribution in [0.4, 0.5) is 14.9 Å². The fourth-order valence-corrected chi connectivity index (χ4v) is 5.44. The molecule has 2 amide bonds. The molecule has 2 heterocycles. The number of sulfonamides is 1. The van der Waals surface area contributed by atoms with E-state index in [1.165, 1.54) is 24.3 Å². The quantitative estimate of drug-likeness (QED) is 0.232. The second kappa shape index (κ2) is 12.5. The van der Waals surface area contributed by atoms with Gasteiger partial charge in [0.1, 0.15) is 17.7 Å². The van der Waals surface area contributed by atoms with Gasteiger partial charge in [0.25, 0.3) is 10.0 Å². The van der Waals surface area contributed by atoms with Crippen LogP contribution in [0.1, 0.15) is 23.7 Å². The fraction of sp³-hybridized carbons (Fsp3) is 0.200. The maximum absolute atomic E-state index is 13.0. The summed E-state index contributed by atoms with van der Waals surface area (Å²) >= 11 is 0. The average molecular weight is 577 g/mol. The van der Waals surface area contributed by atoms with Gasteiger partial charge in [0.05, 0.1) is 11.0 Å². The van der Waals surface area contributed by atoms with E-state index in [9.17, 15) is 22.7 Å². The first-order chi connectivity index (χ1) is 19.8. The van der Waals surface area contributed by atoms with Gasteiger partial charge < -0.3 is 20.5 Å². The van der Waals surface area contributed by atoms with Gasteiger partial charge in [0.15, 0.2) is 0 Å². The first kappa shape index (κ1) is 28.2. The van der Waals surface area contributed by atoms with E-state index >= 15 is 0 Å². The van der Waals surface area contributed by atoms with Gasteiger partial charge in [-0.25, -0.2) is 22.3 Å². The lowest BCUT2D eigenvalue weighted by Crippen LogP contribution is -2.36. The van der Waals surface area contributed by atoms with Gasteiger partial charge >= 0.3 is 6.03 Å². The highest BCUT2D eigenvalue weighted by Gasteiger charge is 2.21. The summed E-state index contributed by atoms with van der Waals surface area (Å²) in [6.07, 6.45) is 4.29. The number of pyridine rings is 1. The molecule has 4 N–H and O–H groups in total. The zero-order valence-electron chi connectivity index (χ0n) is 22.0. The number of aromatic nitrogens is 1. The van der Waals surface area contributed by atoms with Crippen LogP contribution < -0.4 is 20.1 Å². The SMILES string of the molecule is O=C(Nc1ccc(F)cc1)NS(=O)(=O)c1ccc(-c2ccc3c(c2)CC[C@H](CNC[C@H](O)c2cccnc2)O3)cc1. The van der Waals surface area contributed by atoms with Crippen molar-refractivity contribution in [1.29, 1.82) is 0 Å². The maximum Gasteiger partial charge on any atom is 0.333 e. The second-order valence-electron chi connectivity index (χ2n) is 9.65. The molecule has 11 heteroatoms. The van der Waals surface area contributed by atoms with Crippen molar-refractivity contribution in [1.82, 2.24) is 15.0 Å². The van der Waals surface area contributed by atoms with Crippen molar-refractivity contribution in [2.75, 3.05) is 18.4 Å². The minimum atomic E-state index is -4.12. The van der Waals surface area contributed by atoms with E-state index in [1.54, 1.807) is 30.6 Å². The van der Waals surface area contributed by atoms with Gasteiger partial charge in [0, 0.05) is 36.7 Å². The first-order valence-corrected chi connectivity index (χ1v) is 14.5. The molecule has 0 radical (unpaired) electrons. The van der Waals surface area contributed by atoms with E-state index < -0.39 is 28.0 Å². The smallest absolute Gasteiger partial charge is 0.333 e. The molecule has 1 aliphatic rings. The van der Waals surface area contributed by atoms with Gasteiger partial charge in [-0.2, -0.15) is 0 Å². The summed E-state index contributed by atoms with van der Waals surface area (Å²) < 4.78 is 46.5. The number of carbonyl (C=O) groups excluding carboxylic acids is 1. The van der Waals surface area contributed by atoms with Crippen molar-refractivity contribution in [2.24, 2.45) is 0 Å². The van der Waals surface area contributed by atoms with Crippen molar-refractivity contribution in [3.8, 4) is 16.9 Å². The van der Waals surface area contributed by atoms with Crippen LogP contribution in [-0.2, 0) is 16.4 Å². The standard InChI is InChI=1S/C30H29FN4O5S/c31-24-7-9-25(10-8-24)34-30(37)35-41(38,39)27-12-4-20(5-13-27)21-6-14-29-22(16-21)3-11-26(40-29)18-33-19-28(36)23-2-1-15-32-17-23/h1-2,4-10,12-17,26,28,33,36H,3,11,18-19H2,(H2,34,35,37)/t26-,28+/m1/s1. The Morgan fingerprint density at radius 3 is 2.54 bits per heavy atom. The first-order valence-electron chi connectivity index (χ1n) is 13.0. The summed E-state index contributed by atoms with van der Waals surface area (Å²) in [4.78, 5) is 16.1. The van der Waals surface area contributed by atoms with Crippen LogP contribution in [0.3, 0.4) is 0 Å². The maximum atomic E-state index is 13.0. The molecule has 9 nitrogen and oxygen atoms in total. The lowest BCUT2D eigenvalue weighted by molar-refractivity contribution is 0.146. The Morgan fingerprint density at radius 2 is 1.80 bits per heavy atom. The summed E-state index contributed by atoms with van der Waals surface area (Å²) in [5, 5.41) is 15.9. The molecule has 4 aromatic rings. The topological polar surface area (TPSA) is 130 Å². The second-order valence-corrected chi connectivity index (χ2v) is 11.3. The number of nitrogens with zero attached hydrogens (tertiary/aromatic N) is 1.